The molecule has 1 amide bonds. The molecule has 4 nitrogen and oxygen atoms in total. The van der Waals surface area contributed by atoms with Gasteiger partial charge in [-0.15, -0.1) is 12.3 Å². The normalized spacial score (nSPS) is 8.93. The zero-order chi connectivity index (χ0) is 11.0. The quantitative estimate of drug-likeness (QED) is 0.474. The summed E-state index contributed by atoms with van der Waals surface area (Å²) in [5.74, 6) is 1.83. The number of likely N-dealkylation sites (N-methyl/N-ethyl adjacent to an activating group) is 1. The van der Waals surface area contributed by atoms with Crippen molar-refractivity contribution in [1.29, 1.82) is 0 Å². The van der Waals surface area contributed by atoms with Gasteiger partial charge in [-0.3, -0.25) is 9.59 Å². The van der Waals surface area contributed by atoms with Crippen LogP contribution < -0.4 is 0 Å². The average molecular weight is 197 g/mol. The van der Waals surface area contributed by atoms with Gasteiger partial charge in [0.05, 0.1) is 6.61 Å². The molecule has 0 bridgehead atoms. The van der Waals surface area contributed by atoms with Crippen LogP contribution in [0.5, 0.6) is 0 Å². The Morgan fingerprint density at radius 2 is 2.14 bits per heavy atom. The van der Waals surface area contributed by atoms with Crippen molar-refractivity contribution in [3.63, 3.8) is 0 Å². The number of rotatable bonds is 5. The number of terminal acetylenes is 1. The summed E-state index contributed by atoms with van der Waals surface area (Å²) < 4.78 is 4.69. The van der Waals surface area contributed by atoms with Crippen LogP contribution in [0.1, 0.15) is 19.8 Å². The molecule has 0 aliphatic carbocycles. The lowest BCUT2D eigenvalue weighted by Gasteiger charge is -2.15. The van der Waals surface area contributed by atoms with E-state index in [0.717, 1.165) is 0 Å². The Hall–Kier alpha value is -1.50. The van der Waals surface area contributed by atoms with Crippen molar-refractivity contribution in [2.45, 2.75) is 19.8 Å². The van der Waals surface area contributed by atoms with Gasteiger partial charge in [0, 0.05) is 19.9 Å². The number of hydrogen-bond donors (Lipinski definition) is 0. The molecule has 78 valence electrons. The summed E-state index contributed by atoms with van der Waals surface area (Å²) >= 11 is 0. The summed E-state index contributed by atoms with van der Waals surface area (Å²) in [5, 5.41) is 0. The molecule has 0 spiro atoms. The van der Waals surface area contributed by atoms with Crippen LogP contribution in [0.4, 0.5) is 0 Å². The fourth-order valence-electron chi connectivity index (χ4n) is 0.858. The van der Waals surface area contributed by atoms with Crippen molar-refractivity contribution in [3.8, 4) is 12.3 Å². The molecule has 0 rings (SSSR count). The fourth-order valence-corrected chi connectivity index (χ4v) is 0.858. The van der Waals surface area contributed by atoms with Gasteiger partial charge in [-0.1, -0.05) is 0 Å². The van der Waals surface area contributed by atoms with Gasteiger partial charge < -0.3 is 9.64 Å². The molecule has 0 N–H and O–H groups in total. The number of ether oxygens (including phenoxy) is 1. The highest BCUT2D eigenvalue weighted by molar-refractivity contribution is 5.81. The standard InChI is InChI=1S/C10H15NO3/c1-4-6-7-9(12)11(3)8-10(13)14-5-2/h1H,5-8H2,2-3H3. The van der Waals surface area contributed by atoms with Crippen LogP contribution >= 0.6 is 0 Å². The highest BCUT2D eigenvalue weighted by Crippen LogP contribution is 1.95. The van der Waals surface area contributed by atoms with E-state index < -0.39 is 5.97 Å². The van der Waals surface area contributed by atoms with E-state index in [0.29, 0.717) is 13.0 Å². The van der Waals surface area contributed by atoms with Crippen LogP contribution in [0.3, 0.4) is 0 Å². The first-order valence-electron chi connectivity index (χ1n) is 4.44. The Bertz CT molecular complexity index is 242. The topological polar surface area (TPSA) is 46.6 Å². The van der Waals surface area contributed by atoms with Gasteiger partial charge in [0.1, 0.15) is 6.54 Å². The van der Waals surface area contributed by atoms with Crippen LogP contribution in [-0.4, -0.2) is 37.0 Å². The molecular formula is C10H15NO3. The zero-order valence-electron chi connectivity index (χ0n) is 8.58. The molecule has 0 radical (unpaired) electrons. The van der Waals surface area contributed by atoms with Crippen molar-refractivity contribution in [2.75, 3.05) is 20.2 Å². The minimum atomic E-state index is -0.399. The Kier molecular flexibility index (Phi) is 6.21. The van der Waals surface area contributed by atoms with Crippen molar-refractivity contribution in [2.24, 2.45) is 0 Å². The number of nitrogens with zero attached hydrogens (tertiary/aromatic N) is 1. The van der Waals surface area contributed by atoms with Gasteiger partial charge >= 0.3 is 5.97 Å². The first kappa shape index (κ1) is 12.5. The summed E-state index contributed by atoms with van der Waals surface area (Å²) in [7, 11) is 1.55. The van der Waals surface area contributed by atoms with E-state index in [1.165, 1.54) is 4.90 Å². The third-order valence-electron chi connectivity index (χ3n) is 1.58. The Labute approximate surface area is 84.2 Å². The highest BCUT2D eigenvalue weighted by Gasteiger charge is 2.12. The van der Waals surface area contributed by atoms with Gasteiger partial charge in [0.15, 0.2) is 0 Å². The van der Waals surface area contributed by atoms with E-state index >= 15 is 0 Å². The number of carbonyl (C=O) groups excluding carboxylic acids is 2. The molecule has 0 aromatic heterocycles. The highest BCUT2D eigenvalue weighted by atomic mass is 16.5. The van der Waals surface area contributed by atoms with Gasteiger partial charge in [0.2, 0.25) is 5.91 Å². The van der Waals surface area contributed by atoms with E-state index in [-0.39, 0.29) is 18.9 Å². The van der Waals surface area contributed by atoms with Gasteiger partial charge in [-0.2, -0.15) is 0 Å². The minimum absolute atomic E-state index is 0.0166. The maximum absolute atomic E-state index is 11.3. The first-order chi connectivity index (χ1) is 6.61. The van der Waals surface area contributed by atoms with Crippen molar-refractivity contribution in [1.82, 2.24) is 4.90 Å². The Morgan fingerprint density at radius 1 is 1.50 bits per heavy atom. The number of esters is 1. The lowest BCUT2D eigenvalue weighted by molar-refractivity contribution is -0.148. The lowest BCUT2D eigenvalue weighted by Crippen LogP contribution is -2.32. The minimum Gasteiger partial charge on any atom is -0.465 e. The molecule has 0 saturated carbocycles. The first-order valence-corrected chi connectivity index (χ1v) is 4.44. The van der Waals surface area contributed by atoms with E-state index in [1.807, 2.05) is 0 Å². The molecule has 14 heavy (non-hydrogen) atoms. The third kappa shape index (κ3) is 5.20. The summed E-state index contributed by atoms with van der Waals surface area (Å²) in [6.07, 6.45) is 5.68. The second-order valence-electron chi connectivity index (χ2n) is 2.76. The molecule has 0 fully saturated rings. The van der Waals surface area contributed by atoms with Crippen molar-refractivity contribution < 1.29 is 14.3 Å². The Morgan fingerprint density at radius 3 is 2.64 bits per heavy atom. The molecule has 0 aromatic carbocycles. The third-order valence-corrected chi connectivity index (χ3v) is 1.58. The molecular weight excluding hydrogens is 182 g/mol. The molecule has 0 atom stereocenters. The molecule has 4 heteroatoms. The predicted molar refractivity (Wildman–Crippen MR) is 52.3 cm³/mol. The van der Waals surface area contributed by atoms with Gasteiger partial charge in [0.25, 0.3) is 0 Å². The molecule has 0 unspecified atom stereocenters. The molecule has 0 heterocycles. The predicted octanol–water partition coefficient (Wildman–Crippen LogP) is 0.421. The zero-order valence-corrected chi connectivity index (χ0v) is 8.58. The monoisotopic (exact) mass is 197 g/mol. The molecule has 0 aromatic rings. The van der Waals surface area contributed by atoms with Crippen LogP contribution in [0, 0.1) is 12.3 Å². The molecule has 0 saturated heterocycles. The van der Waals surface area contributed by atoms with Crippen LogP contribution in [0.15, 0.2) is 0 Å². The lowest BCUT2D eigenvalue weighted by atomic mass is 10.3. The van der Waals surface area contributed by atoms with Crippen molar-refractivity contribution in [3.05, 3.63) is 0 Å². The molecule has 0 aliphatic rings. The number of carbonyl (C=O) groups is 2. The summed E-state index contributed by atoms with van der Waals surface area (Å²) in [6.45, 7) is 2.03. The average Bonchev–Trinajstić information content (AvgIpc) is 2.14. The maximum Gasteiger partial charge on any atom is 0.325 e. The second kappa shape index (κ2) is 6.96. The van der Waals surface area contributed by atoms with E-state index in [1.54, 1.807) is 14.0 Å². The smallest absolute Gasteiger partial charge is 0.325 e. The van der Waals surface area contributed by atoms with Crippen LogP contribution in [0.2, 0.25) is 0 Å². The van der Waals surface area contributed by atoms with Crippen LogP contribution in [-0.2, 0) is 14.3 Å². The van der Waals surface area contributed by atoms with E-state index in [2.05, 4.69) is 5.92 Å². The fraction of sp³-hybridized carbons (Fsp3) is 0.600. The largest absolute Gasteiger partial charge is 0.465 e. The van der Waals surface area contributed by atoms with E-state index in [9.17, 15) is 9.59 Å². The second-order valence-corrected chi connectivity index (χ2v) is 2.76. The number of hydrogen-bond acceptors (Lipinski definition) is 3. The summed E-state index contributed by atoms with van der Waals surface area (Å²) in [5.41, 5.74) is 0. The van der Waals surface area contributed by atoms with Crippen LogP contribution in [0.25, 0.3) is 0 Å². The summed E-state index contributed by atoms with van der Waals surface area (Å²) in [4.78, 5) is 23.6. The number of amides is 1. The van der Waals surface area contributed by atoms with Gasteiger partial charge in [-0.05, 0) is 6.92 Å². The Balaban J connectivity index is 3.83. The molecule has 0 aliphatic heterocycles. The van der Waals surface area contributed by atoms with Gasteiger partial charge in [-0.25, -0.2) is 0 Å². The van der Waals surface area contributed by atoms with Crippen molar-refractivity contribution >= 4 is 11.9 Å². The SMILES string of the molecule is C#CCCC(=O)N(C)CC(=O)OCC. The summed E-state index contributed by atoms with van der Waals surface area (Å²) in [6, 6.07) is 0. The van der Waals surface area contributed by atoms with E-state index in [4.69, 9.17) is 11.2 Å². The maximum atomic E-state index is 11.3.